The van der Waals surface area contributed by atoms with Crippen molar-refractivity contribution >= 4 is 22.7 Å². The summed E-state index contributed by atoms with van der Waals surface area (Å²) in [6, 6.07) is 8.35. The third kappa shape index (κ3) is 3.41. The number of hydrogen-bond acceptors (Lipinski definition) is 6. The summed E-state index contributed by atoms with van der Waals surface area (Å²) in [5.74, 6) is -0.964. The van der Waals surface area contributed by atoms with Gasteiger partial charge < -0.3 is 0 Å². The molecule has 0 spiro atoms. The molecule has 0 atom stereocenters. The number of hydrogen-bond donors (Lipinski definition) is 0. The molecule has 2 aromatic rings. The third-order valence-electron chi connectivity index (χ3n) is 2.47. The van der Waals surface area contributed by atoms with Crippen LogP contribution in [0.1, 0.15) is 0 Å². The second-order valence-electron chi connectivity index (χ2n) is 3.87. The normalized spacial score (nSPS) is 10.7. The first kappa shape index (κ1) is 14.2. The van der Waals surface area contributed by atoms with Gasteiger partial charge in [-0.1, -0.05) is 0 Å². The molecular formula is C12H7FN4O4. The van der Waals surface area contributed by atoms with Crippen molar-refractivity contribution in [2.45, 2.75) is 0 Å². The van der Waals surface area contributed by atoms with E-state index in [1.165, 1.54) is 30.3 Å². The zero-order valence-corrected chi connectivity index (χ0v) is 10.3. The fourth-order valence-electron chi connectivity index (χ4n) is 1.46. The maximum absolute atomic E-state index is 13.1. The minimum atomic E-state index is -0.964. The number of halogens is 1. The number of rotatable bonds is 4. The Labute approximate surface area is 116 Å². The summed E-state index contributed by atoms with van der Waals surface area (Å²) in [5.41, 5.74) is -0.365. The number of non-ortho nitro benzene ring substituents is 1. The second kappa shape index (κ2) is 5.82. The predicted molar refractivity (Wildman–Crippen MR) is 70.3 cm³/mol. The average molecular weight is 290 g/mol. The summed E-state index contributed by atoms with van der Waals surface area (Å²) in [4.78, 5) is 19.6. The molecule has 0 saturated carbocycles. The highest BCUT2D eigenvalue weighted by Crippen LogP contribution is 2.26. The van der Waals surface area contributed by atoms with Gasteiger partial charge in [-0.3, -0.25) is 20.2 Å². The van der Waals surface area contributed by atoms with Gasteiger partial charge >= 0.3 is 5.69 Å². The van der Waals surface area contributed by atoms with Crippen molar-refractivity contribution in [3.8, 4) is 0 Å². The molecule has 0 fully saturated rings. The summed E-state index contributed by atoms with van der Waals surface area (Å²) >= 11 is 0. The van der Waals surface area contributed by atoms with Crippen LogP contribution in [0, 0.1) is 26.0 Å². The Morgan fingerprint density at radius 2 is 1.43 bits per heavy atom. The highest BCUT2D eigenvalue weighted by molar-refractivity contribution is 5.49. The van der Waals surface area contributed by atoms with E-state index in [-0.39, 0.29) is 11.4 Å². The van der Waals surface area contributed by atoms with Crippen LogP contribution in [-0.2, 0) is 0 Å². The van der Waals surface area contributed by atoms with Crippen LogP contribution in [0.4, 0.5) is 27.1 Å². The van der Waals surface area contributed by atoms with Gasteiger partial charge in [-0.15, -0.1) is 0 Å². The van der Waals surface area contributed by atoms with E-state index in [9.17, 15) is 24.6 Å². The van der Waals surface area contributed by atoms with Gasteiger partial charge in [0.2, 0.25) is 5.82 Å². The molecule has 106 valence electrons. The Bertz CT molecular complexity index is 731. The molecule has 0 aromatic heterocycles. The van der Waals surface area contributed by atoms with E-state index in [2.05, 4.69) is 10.2 Å². The smallest absolute Gasteiger partial charge is 0.258 e. The van der Waals surface area contributed by atoms with Gasteiger partial charge in [0.1, 0.15) is 0 Å². The van der Waals surface area contributed by atoms with Crippen molar-refractivity contribution in [3.63, 3.8) is 0 Å². The Morgan fingerprint density at radius 3 is 2.00 bits per heavy atom. The first-order chi connectivity index (χ1) is 9.97. The molecule has 2 rings (SSSR count). The quantitative estimate of drug-likeness (QED) is 0.480. The van der Waals surface area contributed by atoms with E-state index in [0.717, 1.165) is 12.1 Å². The number of benzene rings is 2. The summed E-state index contributed by atoms with van der Waals surface area (Å²) in [6.45, 7) is 0. The van der Waals surface area contributed by atoms with Crippen LogP contribution in [0.2, 0.25) is 0 Å². The zero-order chi connectivity index (χ0) is 15.4. The molecular weight excluding hydrogens is 283 g/mol. The number of nitro benzene ring substituents is 2. The van der Waals surface area contributed by atoms with Crippen LogP contribution in [-0.4, -0.2) is 9.85 Å². The Balaban J connectivity index is 2.23. The zero-order valence-electron chi connectivity index (χ0n) is 10.3. The summed E-state index contributed by atoms with van der Waals surface area (Å²) in [6.07, 6.45) is 0. The minimum absolute atomic E-state index is 0.0913. The van der Waals surface area contributed by atoms with Gasteiger partial charge in [-0.25, -0.2) is 0 Å². The number of nitro groups is 2. The van der Waals surface area contributed by atoms with Gasteiger partial charge in [-0.05, 0) is 24.3 Å². The fraction of sp³-hybridized carbons (Fsp3) is 0. The van der Waals surface area contributed by atoms with Crippen molar-refractivity contribution in [3.05, 3.63) is 68.5 Å². The molecule has 2 aromatic carbocycles. The second-order valence-corrected chi connectivity index (χ2v) is 3.87. The molecule has 0 amide bonds. The minimum Gasteiger partial charge on any atom is -0.258 e. The van der Waals surface area contributed by atoms with E-state index >= 15 is 0 Å². The lowest BCUT2D eigenvalue weighted by Gasteiger charge is -1.96. The first-order valence-corrected chi connectivity index (χ1v) is 5.57. The molecule has 0 bridgehead atoms. The standard InChI is InChI=1S/C12H7FN4O4/c13-11-6-3-9(7-12(11)17(20)21)15-14-8-1-4-10(5-2-8)16(18)19/h1-7H. The Morgan fingerprint density at radius 1 is 0.857 bits per heavy atom. The first-order valence-electron chi connectivity index (χ1n) is 5.57. The van der Waals surface area contributed by atoms with E-state index < -0.39 is 21.4 Å². The molecule has 0 aliphatic carbocycles. The molecule has 0 heterocycles. The van der Waals surface area contributed by atoms with Crippen molar-refractivity contribution in [2.75, 3.05) is 0 Å². The monoisotopic (exact) mass is 290 g/mol. The molecule has 0 N–H and O–H groups in total. The number of nitrogens with zero attached hydrogens (tertiary/aromatic N) is 4. The van der Waals surface area contributed by atoms with Gasteiger partial charge in [0.05, 0.1) is 21.2 Å². The Hall–Kier alpha value is -3.23. The van der Waals surface area contributed by atoms with Crippen molar-refractivity contribution in [2.24, 2.45) is 10.2 Å². The van der Waals surface area contributed by atoms with Crippen molar-refractivity contribution in [1.29, 1.82) is 0 Å². The van der Waals surface area contributed by atoms with Gasteiger partial charge in [-0.2, -0.15) is 14.6 Å². The average Bonchev–Trinajstić information content (AvgIpc) is 2.46. The molecule has 0 aliphatic heterocycles. The SMILES string of the molecule is O=[N+]([O-])c1ccc(N=Nc2ccc(F)c([N+](=O)[O-])c2)cc1. The van der Waals surface area contributed by atoms with Crippen LogP contribution in [0.25, 0.3) is 0 Å². The highest BCUT2D eigenvalue weighted by atomic mass is 19.1. The van der Waals surface area contributed by atoms with Gasteiger partial charge in [0, 0.05) is 18.2 Å². The van der Waals surface area contributed by atoms with Crippen LogP contribution >= 0.6 is 0 Å². The van der Waals surface area contributed by atoms with Crippen LogP contribution < -0.4 is 0 Å². The lowest BCUT2D eigenvalue weighted by Crippen LogP contribution is -1.91. The van der Waals surface area contributed by atoms with Crippen molar-refractivity contribution < 1.29 is 14.2 Å². The summed E-state index contributed by atoms with van der Waals surface area (Å²) in [5, 5.41) is 28.5. The molecule has 0 saturated heterocycles. The molecule has 9 heteroatoms. The third-order valence-corrected chi connectivity index (χ3v) is 2.47. The lowest BCUT2D eigenvalue weighted by molar-refractivity contribution is -0.387. The van der Waals surface area contributed by atoms with E-state index in [0.29, 0.717) is 5.69 Å². The molecule has 0 aliphatic rings. The molecule has 21 heavy (non-hydrogen) atoms. The maximum Gasteiger partial charge on any atom is 0.307 e. The number of azo groups is 1. The summed E-state index contributed by atoms with van der Waals surface area (Å²) in [7, 11) is 0. The highest BCUT2D eigenvalue weighted by Gasteiger charge is 2.14. The lowest BCUT2D eigenvalue weighted by atomic mass is 10.3. The van der Waals surface area contributed by atoms with E-state index in [1.807, 2.05) is 0 Å². The van der Waals surface area contributed by atoms with Crippen molar-refractivity contribution in [1.82, 2.24) is 0 Å². The van der Waals surface area contributed by atoms with Gasteiger partial charge in [0.15, 0.2) is 0 Å². The Kier molecular flexibility index (Phi) is 3.93. The van der Waals surface area contributed by atoms with Crippen LogP contribution in [0.3, 0.4) is 0 Å². The van der Waals surface area contributed by atoms with E-state index in [4.69, 9.17) is 0 Å². The topological polar surface area (TPSA) is 111 Å². The molecule has 8 nitrogen and oxygen atoms in total. The molecule has 0 unspecified atom stereocenters. The fourth-order valence-corrected chi connectivity index (χ4v) is 1.46. The summed E-state index contributed by atoms with van der Waals surface area (Å²) < 4.78 is 13.1. The van der Waals surface area contributed by atoms with Crippen LogP contribution in [0.15, 0.2) is 52.7 Å². The molecule has 0 radical (unpaired) electrons. The maximum atomic E-state index is 13.1. The van der Waals surface area contributed by atoms with Crippen LogP contribution in [0.5, 0.6) is 0 Å². The van der Waals surface area contributed by atoms with Gasteiger partial charge in [0.25, 0.3) is 5.69 Å². The van der Waals surface area contributed by atoms with E-state index in [1.54, 1.807) is 0 Å². The largest absolute Gasteiger partial charge is 0.307 e. The predicted octanol–water partition coefficient (Wildman–Crippen LogP) is 4.06.